The molecule has 0 spiro atoms. The van der Waals surface area contributed by atoms with Crippen molar-refractivity contribution >= 4 is 97.8 Å². The third kappa shape index (κ3) is 20.5. The van der Waals surface area contributed by atoms with Crippen LogP contribution in [0.15, 0.2) is 97.1 Å². The lowest BCUT2D eigenvalue weighted by Crippen LogP contribution is -2.62. The number of carbonyl (C=O) groups excluding carboxylic acids is 9. The van der Waals surface area contributed by atoms with Crippen LogP contribution in [0.25, 0.3) is 0 Å². The van der Waals surface area contributed by atoms with Crippen LogP contribution in [0.2, 0.25) is 10.0 Å². The van der Waals surface area contributed by atoms with Gasteiger partial charge in [-0.25, -0.2) is 0 Å². The highest BCUT2D eigenvalue weighted by Gasteiger charge is 2.37. The second-order valence-corrected chi connectivity index (χ2v) is 22.5. The van der Waals surface area contributed by atoms with Gasteiger partial charge in [0.05, 0.1) is 18.2 Å². The number of Topliss-reactive ketones (excluding diaryl/α,β-unsaturated/α-hetero) is 1. The maximum absolute atomic E-state index is 14.8. The summed E-state index contributed by atoms with van der Waals surface area (Å²) < 4.78 is 0. The first-order chi connectivity index (χ1) is 37.6. The average molecular weight is 1170 g/mol. The van der Waals surface area contributed by atoms with E-state index in [1.807, 2.05) is 0 Å². The zero-order valence-corrected chi connectivity index (χ0v) is 46.3. The van der Waals surface area contributed by atoms with Crippen molar-refractivity contribution in [2.45, 2.75) is 107 Å². The number of unbranched alkanes of at least 4 members (excludes halogenated alkanes) is 1. The summed E-state index contributed by atoms with van der Waals surface area (Å²) in [5.74, 6) is -9.19. The van der Waals surface area contributed by atoms with Crippen LogP contribution in [0.4, 0.5) is 0 Å². The van der Waals surface area contributed by atoms with E-state index in [0.29, 0.717) is 45.1 Å². The number of nitrogens with one attached hydrogen (secondary N) is 6. The number of rotatable bonds is 19. The van der Waals surface area contributed by atoms with Gasteiger partial charge in [0.25, 0.3) is 0 Å². The van der Waals surface area contributed by atoms with Crippen LogP contribution in [0.1, 0.15) is 65.2 Å². The minimum absolute atomic E-state index is 0.0323. The molecule has 9 atom stereocenters. The van der Waals surface area contributed by atoms with Gasteiger partial charge in [-0.15, -0.1) is 0 Å². The topological polar surface area (TPSA) is 370 Å². The van der Waals surface area contributed by atoms with Gasteiger partial charge in [-0.3, -0.25) is 43.2 Å². The number of amides is 8. The maximum atomic E-state index is 14.8. The Kier molecular flexibility index (Phi) is 24.9. The van der Waals surface area contributed by atoms with E-state index in [1.54, 1.807) is 48.5 Å². The summed E-state index contributed by atoms with van der Waals surface area (Å²) in [5, 5.41) is 37.6. The number of benzene rings is 4. The summed E-state index contributed by atoms with van der Waals surface area (Å²) in [6.07, 6.45) is -1.75. The summed E-state index contributed by atoms with van der Waals surface area (Å²) in [6, 6.07) is 15.0. The molecule has 0 aromatic heterocycles. The van der Waals surface area contributed by atoms with Gasteiger partial charge < -0.3 is 65.0 Å². The number of phenolic OH excluding ortho intramolecular Hbond substituents is 1. The molecule has 0 radical (unpaired) electrons. The van der Waals surface area contributed by atoms with E-state index in [0.717, 1.165) is 21.6 Å². The Balaban J connectivity index is 1.57. The highest BCUT2D eigenvalue weighted by Crippen LogP contribution is 2.26. The fourth-order valence-electron chi connectivity index (χ4n) is 8.28. The van der Waals surface area contributed by atoms with Crippen molar-refractivity contribution in [1.82, 2.24) is 31.9 Å². The summed E-state index contributed by atoms with van der Waals surface area (Å²) in [7, 11) is 1.99. The van der Waals surface area contributed by atoms with Crippen molar-refractivity contribution in [3.8, 4) is 5.75 Å². The van der Waals surface area contributed by atoms with Gasteiger partial charge in [-0.05, 0) is 116 Å². The number of hydrogen-bond acceptors (Lipinski definition) is 15. The number of primary amides is 2. The quantitative estimate of drug-likeness (QED) is 0.0465. The zero-order valence-electron chi connectivity index (χ0n) is 43.2. The van der Waals surface area contributed by atoms with Crippen molar-refractivity contribution in [2.75, 3.05) is 18.1 Å². The third-order valence-corrected chi connectivity index (χ3v) is 15.7. The van der Waals surface area contributed by atoms with Crippen LogP contribution in [-0.2, 0) is 64.0 Å². The molecule has 1 aliphatic heterocycles. The molecule has 5 rings (SSSR count). The van der Waals surface area contributed by atoms with Gasteiger partial charge in [0.1, 0.15) is 36.0 Å². The molecule has 21 nitrogen and oxygen atoms in total. The molecule has 424 valence electrons. The molecule has 0 aliphatic carbocycles. The average Bonchev–Trinajstić information content (AvgIpc) is 3.41. The molecule has 1 unspecified atom stereocenters. The van der Waals surface area contributed by atoms with E-state index in [-0.39, 0.29) is 61.5 Å². The Morgan fingerprint density at radius 1 is 0.684 bits per heavy atom. The number of hydrogen-bond donors (Lipinski definition) is 12. The summed E-state index contributed by atoms with van der Waals surface area (Å²) in [5.41, 5.74) is 25.8. The number of nitrogens with two attached hydrogens (primary N) is 4. The molecular weight excluding hydrogens is 1100 g/mol. The fourth-order valence-corrected chi connectivity index (χ4v) is 10.9. The highest BCUT2D eigenvalue weighted by atomic mass is 35.5. The van der Waals surface area contributed by atoms with Crippen LogP contribution in [0.5, 0.6) is 5.75 Å². The van der Waals surface area contributed by atoms with Gasteiger partial charge in [-0.2, -0.15) is 0 Å². The Morgan fingerprint density at radius 2 is 1.23 bits per heavy atom. The first-order valence-corrected chi connectivity index (χ1v) is 28.5. The second-order valence-electron chi connectivity index (χ2n) is 19.1. The lowest BCUT2D eigenvalue weighted by Gasteiger charge is -2.29. The maximum Gasteiger partial charge on any atom is 0.248 e. The van der Waals surface area contributed by atoms with Gasteiger partial charge in [0.15, 0.2) is 5.78 Å². The minimum Gasteiger partial charge on any atom is -0.508 e. The Bertz CT molecular complexity index is 2760. The van der Waals surface area contributed by atoms with Crippen molar-refractivity contribution in [2.24, 2.45) is 28.9 Å². The molecule has 79 heavy (non-hydrogen) atoms. The zero-order chi connectivity index (χ0) is 57.8. The summed E-state index contributed by atoms with van der Waals surface area (Å²) in [4.78, 5) is 126. The van der Waals surface area contributed by atoms with Gasteiger partial charge in [0.2, 0.25) is 47.3 Å². The van der Waals surface area contributed by atoms with Gasteiger partial charge in [-0.1, -0.05) is 93.3 Å². The Morgan fingerprint density at radius 3 is 1.82 bits per heavy atom. The van der Waals surface area contributed by atoms with E-state index in [2.05, 4.69) is 31.9 Å². The second kappa shape index (κ2) is 31.2. The Labute approximate surface area is 474 Å². The molecule has 0 bridgehead atoms. The molecule has 1 saturated heterocycles. The SMILES string of the molecule is C[C@@H](O)[C@@H]1NC(=O)[C@H](CCCCN)NC(=O)[C@@H](Cc2ccc(C(N)=O)cc2)NC(=O)[C@H](Cc2ccc(Cl)cc2)CC(=O)[C@H](NC(=O)[C@@H](N)Cc2ccc(Cl)cc2)CSSC[C@@H](C(=O)NC(Cc2ccc(O)cc2)C(N)=O)NC1=O. The summed E-state index contributed by atoms with van der Waals surface area (Å²) in [6.45, 7) is 1.44. The summed E-state index contributed by atoms with van der Waals surface area (Å²) >= 11 is 12.3. The number of aliphatic hydroxyl groups is 1. The van der Waals surface area contributed by atoms with E-state index < -0.39 is 114 Å². The Hall–Kier alpha value is -6.73. The molecule has 4 aromatic carbocycles. The molecule has 4 aromatic rings. The standard InChI is InChI=1S/C54H66Cl2N10O11S2/c1-29(67)46-54(77)65-44(53(76)62-41(48(60)71)24-33-11-19-38(68)20-12-33)28-79-78-27-43(64-50(73)39(58)23-31-9-17-37(56)18-10-31)45(69)26-35(22-30-7-15-36(55)16-8-30)49(72)63-42(25-32-5-13-34(14-6-32)47(59)70)52(75)61-40(51(74)66-46)4-2-3-21-57/h5-20,29,35,39-44,46,67-68H,2-4,21-28,57-58H2,1H3,(H2,59,70)(H2,60,71)(H,61,75)(H,62,76)(H,63,72)(H,64,73)(H,65,77)(H,66,74)/t29-,35-,39+,40+,41?,42-,43-,44+,46+/m1/s1. The molecule has 1 aliphatic rings. The molecule has 16 N–H and O–H groups in total. The van der Waals surface area contributed by atoms with Gasteiger partial charge >= 0.3 is 0 Å². The fraction of sp³-hybridized carbons (Fsp3) is 0.389. The minimum atomic E-state index is -1.74. The van der Waals surface area contributed by atoms with E-state index in [1.165, 1.54) is 55.5 Å². The molecule has 0 saturated carbocycles. The largest absolute Gasteiger partial charge is 0.508 e. The van der Waals surface area contributed by atoms with E-state index in [4.69, 9.17) is 46.1 Å². The van der Waals surface area contributed by atoms with Crippen molar-refractivity contribution in [3.63, 3.8) is 0 Å². The number of ketones is 1. The first kappa shape index (κ1) is 63.1. The number of halogens is 2. The molecule has 25 heteroatoms. The number of aliphatic hydroxyl groups excluding tert-OH is 1. The smallest absolute Gasteiger partial charge is 0.248 e. The van der Waals surface area contributed by atoms with Crippen molar-refractivity contribution in [3.05, 3.63) is 135 Å². The lowest BCUT2D eigenvalue weighted by molar-refractivity contribution is -0.137. The first-order valence-electron chi connectivity index (χ1n) is 25.3. The molecule has 1 fully saturated rings. The normalized spacial score (nSPS) is 21.2. The van der Waals surface area contributed by atoms with Gasteiger partial charge in [0, 0.05) is 52.3 Å². The van der Waals surface area contributed by atoms with Crippen LogP contribution in [0, 0.1) is 5.92 Å². The van der Waals surface area contributed by atoms with Crippen LogP contribution >= 0.6 is 44.8 Å². The predicted octanol–water partition coefficient (Wildman–Crippen LogP) is 1.27. The lowest BCUT2D eigenvalue weighted by atomic mass is 9.90. The van der Waals surface area contributed by atoms with E-state index >= 15 is 0 Å². The van der Waals surface area contributed by atoms with E-state index in [9.17, 15) is 53.4 Å². The third-order valence-electron chi connectivity index (χ3n) is 12.8. The van der Waals surface area contributed by atoms with Crippen LogP contribution in [0.3, 0.4) is 0 Å². The molecule has 1 heterocycles. The molecular formula is C54H66Cl2N10O11S2. The molecule has 8 amide bonds. The van der Waals surface area contributed by atoms with Crippen molar-refractivity contribution < 1.29 is 53.4 Å². The number of aromatic hydroxyl groups is 1. The number of phenols is 1. The monoisotopic (exact) mass is 1160 g/mol. The predicted molar refractivity (Wildman–Crippen MR) is 302 cm³/mol. The number of carbonyl (C=O) groups is 9. The highest BCUT2D eigenvalue weighted by molar-refractivity contribution is 8.76. The van der Waals surface area contributed by atoms with Crippen molar-refractivity contribution in [1.29, 1.82) is 0 Å². The van der Waals surface area contributed by atoms with Crippen LogP contribution < -0.4 is 54.8 Å². The van der Waals surface area contributed by atoms with Crippen LogP contribution in [-0.4, -0.2) is 130 Å².